The molecule has 2 rings (SSSR count). The topological polar surface area (TPSA) is 81.2 Å². The molecule has 6 nitrogen and oxygen atoms in total. The Bertz CT molecular complexity index is 612. The van der Waals surface area contributed by atoms with Crippen molar-refractivity contribution in [3.05, 3.63) is 56.2 Å². The number of aryl methyl sites for hydroxylation is 1. The molecule has 0 aliphatic carbocycles. The summed E-state index contributed by atoms with van der Waals surface area (Å²) in [6.07, 6.45) is -0.768. The first-order valence-electron chi connectivity index (χ1n) is 5.60. The molecular weight excluding hydrogens is 314 g/mol. The molecule has 7 heteroatoms. The van der Waals surface area contributed by atoms with Crippen LogP contribution in [0.1, 0.15) is 17.4 Å². The van der Waals surface area contributed by atoms with Gasteiger partial charge in [-0.1, -0.05) is 28.1 Å². The zero-order valence-corrected chi connectivity index (χ0v) is 11.7. The minimum Gasteiger partial charge on any atom is -0.386 e. The van der Waals surface area contributed by atoms with Crippen molar-refractivity contribution in [2.75, 3.05) is 0 Å². The van der Waals surface area contributed by atoms with Crippen molar-refractivity contribution in [3.63, 3.8) is 0 Å². The lowest BCUT2D eigenvalue weighted by molar-refractivity contribution is -0.389. The van der Waals surface area contributed by atoms with Gasteiger partial charge in [0, 0.05) is 4.47 Å². The highest BCUT2D eigenvalue weighted by Crippen LogP contribution is 2.21. The number of hydrogen-bond acceptors (Lipinski definition) is 4. The molecule has 2 aromatic rings. The molecular formula is C12H12BrN3O3. The van der Waals surface area contributed by atoms with Crippen molar-refractivity contribution in [1.82, 2.24) is 9.78 Å². The van der Waals surface area contributed by atoms with Gasteiger partial charge in [-0.2, -0.15) is 4.68 Å². The van der Waals surface area contributed by atoms with Crippen molar-refractivity contribution in [1.29, 1.82) is 0 Å². The number of benzene rings is 1. The first-order chi connectivity index (χ1) is 8.97. The van der Waals surface area contributed by atoms with Crippen LogP contribution in [-0.2, 0) is 6.54 Å². The summed E-state index contributed by atoms with van der Waals surface area (Å²) in [5.74, 6) is -0.209. The highest BCUT2D eigenvalue weighted by molar-refractivity contribution is 9.10. The third kappa shape index (κ3) is 3.18. The maximum atomic E-state index is 10.6. The van der Waals surface area contributed by atoms with Gasteiger partial charge in [-0.3, -0.25) is 0 Å². The second kappa shape index (κ2) is 5.50. The highest BCUT2D eigenvalue weighted by Gasteiger charge is 2.18. The molecule has 1 heterocycles. The van der Waals surface area contributed by atoms with Crippen LogP contribution >= 0.6 is 15.9 Å². The van der Waals surface area contributed by atoms with Gasteiger partial charge >= 0.3 is 5.82 Å². The van der Waals surface area contributed by atoms with E-state index >= 15 is 0 Å². The van der Waals surface area contributed by atoms with Gasteiger partial charge in [-0.25, -0.2) is 0 Å². The van der Waals surface area contributed by atoms with Gasteiger partial charge in [0.15, 0.2) is 0 Å². The second-order valence-electron chi connectivity index (χ2n) is 4.15. The Kier molecular flexibility index (Phi) is 3.96. The molecule has 19 heavy (non-hydrogen) atoms. The summed E-state index contributed by atoms with van der Waals surface area (Å²) in [6.45, 7) is 1.89. The normalized spacial score (nSPS) is 12.4. The van der Waals surface area contributed by atoms with Crippen LogP contribution in [0.5, 0.6) is 0 Å². The summed E-state index contributed by atoms with van der Waals surface area (Å²) >= 11 is 3.33. The highest BCUT2D eigenvalue weighted by atomic mass is 79.9. The molecule has 0 aliphatic heterocycles. The van der Waals surface area contributed by atoms with E-state index in [1.807, 2.05) is 12.1 Å². The van der Waals surface area contributed by atoms with Gasteiger partial charge in [-0.05, 0) is 29.5 Å². The number of hydrogen-bond donors (Lipinski definition) is 1. The minimum atomic E-state index is -0.768. The quantitative estimate of drug-likeness (QED) is 0.692. The molecule has 0 spiro atoms. The Balaban J connectivity index is 2.19. The Morgan fingerprint density at radius 2 is 2.26 bits per heavy atom. The lowest BCUT2D eigenvalue weighted by atomic mass is 10.1. The van der Waals surface area contributed by atoms with Gasteiger partial charge < -0.3 is 15.2 Å². The summed E-state index contributed by atoms with van der Waals surface area (Å²) in [5.41, 5.74) is 1.37. The van der Waals surface area contributed by atoms with Crippen LogP contribution in [-0.4, -0.2) is 19.8 Å². The summed E-state index contributed by atoms with van der Waals surface area (Å²) in [6, 6.07) is 8.66. The molecule has 0 aliphatic rings. The molecule has 0 radical (unpaired) electrons. The van der Waals surface area contributed by atoms with Crippen molar-refractivity contribution >= 4 is 21.7 Å². The lowest BCUT2D eigenvalue weighted by Crippen LogP contribution is -2.11. The van der Waals surface area contributed by atoms with Crippen LogP contribution in [0.25, 0.3) is 0 Å². The van der Waals surface area contributed by atoms with E-state index in [0.717, 1.165) is 10.0 Å². The maximum Gasteiger partial charge on any atom is 0.390 e. The fraction of sp³-hybridized carbons (Fsp3) is 0.250. The largest absolute Gasteiger partial charge is 0.390 e. The number of aliphatic hydroxyl groups is 1. The van der Waals surface area contributed by atoms with Crippen molar-refractivity contribution in [2.45, 2.75) is 19.6 Å². The standard InChI is InChI=1S/C12H12BrN3O3/c1-8-5-12(16(18)19)14-15(8)7-11(17)9-3-2-4-10(13)6-9/h2-6,11,17H,7H2,1H3. The van der Waals surface area contributed by atoms with Crippen LogP contribution in [0.3, 0.4) is 0 Å². The van der Waals surface area contributed by atoms with Gasteiger partial charge in [0.05, 0.1) is 23.4 Å². The summed E-state index contributed by atoms with van der Waals surface area (Å²) in [5, 5.41) is 24.6. The molecule has 100 valence electrons. The van der Waals surface area contributed by atoms with Crippen molar-refractivity contribution in [2.24, 2.45) is 0 Å². The van der Waals surface area contributed by atoms with E-state index in [1.54, 1.807) is 19.1 Å². The van der Waals surface area contributed by atoms with E-state index in [4.69, 9.17) is 0 Å². The van der Waals surface area contributed by atoms with E-state index in [2.05, 4.69) is 21.0 Å². The van der Waals surface area contributed by atoms with E-state index < -0.39 is 11.0 Å². The predicted octanol–water partition coefficient (Wildman–Crippen LogP) is 2.60. The molecule has 1 atom stereocenters. The molecule has 0 saturated heterocycles. The number of aromatic nitrogens is 2. The fourth-order valence-electron chi connectivity index (χ4n) is 1.75. The first-order valence-corrected chi connectivity index (χ1v) is 6.39. The second-order valence-corrected chi connectivity index (χ2v) is 5.07. The summed E-state index contributed by atoms with van der Waals surface area (Å²) in [7, 11) is 0. The molecule has 0 fully saturated rings. The van der Waals surface area contributed by atoms with Crippen LogP contribution in [0.15, 0.2) is 34.8 Å². The van der Waals surface area contributed by atoms with E-state index in [9.17, 15) is 15.2 Å². The fourth-order valence-corrected chi connectivity index (χ4v) is 2.17. The van der Waals surface area contributed by atoms with E-state index in [1.165, 1.54) is 10.7 Å². The van der Waals surface area contributed by atoms with Crippen molar-refractivity contribution in [3.8, 4) is 0 Å². The number of halogens is 1. The van der Waals surface area contributed by atoms with Gasteiger partial charge in [0.1, 0.15) is 6.10 Å². The van der Waals surface area contributed by atoms with Crippen LogP contribution in [0, 0.1) is 17.0 Å². The average molecular weight is 326 g/mol. The van der Waals surface area contributed by atoms with Gasteiger partial charge in [-0.15, -0.1) is 0 Å². The Hall–Kier alpha value is -1.73. The predicted molar refractivity (Wildman–Crippen MR) is 72.7 cm³/mol. The van der Waals surface area contributed by atoms with E-state index in [-0.39, 0.29) is 12.4 Å². The van der Waals surface area contributed by atoms with Gasteiger partial charge in [0.2, 0.25) is 0 Å². The average Bonchev–Trinajstić information content (AvgIpc) is 2.71. The Morgan fingerprint density at radius 1 is 1.53 bits per heavy atom. The molecule has 0 saturated carbocycles. The Labute approximate surface area is 118 Å². The third-order valence-electron chi connectivity index (χ3n) is 2.73. The zero-order valence-electron chi connectivity index (χ0n) is 10.2. The van der Waals surface area contributed by atoms with Crippen molar-refractivity contribution < 1.29 is 10.0 Å². The Morgan fingerprint density at radius 3 is 2.84 bits per heavy atom. The smallest absolute Gasteiger partial charge is 0.386 e. The van der Waals surface area contributed by atoms with Crippen LogP contribution in [0.2, 0.25) is 0 Å². The number of nitro groups is 1. The lowest BCUT2D eigenvalue weighted by Gasteiger charge is -2.10. The summed E-state index contributed by atoms with van der Waals surface area (Å²) < 4.78 is 2.30. The van der Waals surface area contributed by atoms with E-state index in [0.29, 0.717) is 5.69 Å². The van der Waals surface area contributed by atoms with Crippen LogP contribution in [0.4, 0.5) is 5.82 Å². The zero-order chi connectivity index (χ0) is 14.0. The molecule has 1 unspecified atom stereocenters. The minimum absolute atomic E-state index is 0.177. The van der Waals surface area contributed by atoms with Crippen LogP contribution < -0.4 is 0 Å². The van der Waals surface area contributed by atoms with Gasteiger partial charge in [0.25, 0.3) is 0 Å². The third-order valence-corrected chi connectivity index (χ3v) is 3.23. The maximum absolute atomic E-state index is 10.6. The monoisotopic (exact) mass is 325 g/mol. The molecule has 1 N–H and O–H groups in total. The number of rotatable bonds is 4. The molecule has 0 bridgehead atoms. The summed E-state index contributed by atoms with van der Waals surface area (Å²) in [4.78, 5) is 10.1. The molecule has 1 aromatic carbocycles. The molecule has 0 amide bonds. The SMILES string of the molecule is Cc1cc([N+](=O)[O-])nn1CC(O)c1cccc(Br)c1. The number of aliphatic hydroxyl groups excluding tert-OH is 1. The molecule has 1 aromatic heterocycles. The number of nitrogens with zero attached hydrogens (tertiary/aromatic N) is 3. The first kappa shape index (κ1) is 13.7.